The highest BCUT2D eigenvalue weighted by Crippen LogP contribution is 2.17. The highest BCUT2D eigenvalue weighted by molar-refractivity contribution is 6.52. The largest absolute Gasteiger partial charge is 0.677 e. The van der Waals surface area contributed by atoms with Crippen LogP contribution in [-0.2, 0) is 22.9 Å². The smallest absolute Gasteiger partial charge is 0.367 e. The Morgan fingerprint density at radius 2 is 1.48 bits per heavy atom. The number of hydrogen-bond acceptors (Lipinski definition) is 6. The molecule has 2 atom stereocenters. The van der Waals surface area contributed by atoms with Gasteiger partial charge in [0, 0.05) is 19.4 Å². The quantitative estimate of drug-likeness (QED) is 0.297. The number of aldehydes is 2. The summed E-state index contributed by atoms with van der Waals surface area (Å²) in [7, 11) is -3.89. The number of carbonyl (C=O) groups excluding carboxylic acids is 2. The molecule has 0 aromatic rings. The van der Waals surface area contributed by atoms with Crippen molar-refractivity contribution >= 4 is 21.6 Å². The van der Waals surface area contributed by atoms with Gasteiger partial charge in [0.15, 0.2) is 0 Å². The monoisotopic (exact) mass is 316 g/mol. The number of carbonyl (C=O) groups is 2. The van der Waals surface area contributed by atoms with Crippen LogP contribution in [0.25, 0.3) is 0 Å². The maximum Gasteiger partial charge on any atom is 0.677 e. The molecule has 6 nitrogen and oxygen atoms in total. The van der Waals surface area contributed by atoms with Crippen LogP contribution in [-0.4, -0.2) is 45.2 Å². The second-order valence-electron chi connectivity index (χ2n) is 4.23. The van der Waals surface area contributed by atoms with E-state index in [9.17, 15) is 14.4 Å². The van der Waals surface area contributed by atoms with Crippen molar-refractivity contribution in [1.29, 1.82) is 0 Å². The Morgan fingerprint density at radius 1 is 1.05 bits per heavy atom. The van der Waals surface area contributed by atoms with E-state index in [1.165, 1.54) is 12.2 Å². The molecule has 0 aliphatic heterocycles. The summed E-state index contributed by atoms with van der Waals surface area (Å²) in [6.07, 6.45) is 4.72. The van der Waals surface area contributed by atoms with Gasteiger partial charge in [0.05, 0.1) is 12.2 Å². The molecule has 0 fully saturated rings. The van der Waals surface area contributed by atoms with Gasteiger partial charge in [-0.15, -0.1) is 13.2 Å². The summed E-state index contributed by atoms with van der Waals surface area (Å²) in [5.74, 6) is 0. The van der Waals surface area contributed by atoms with Gasteiger partial charge in [0.25, 0.3) is 0 Å². The molecule has 0 amide bonds. The van der Waals surface area contributed by atoms with Crippen molar-refractivity contribution < 1.29 is 27.7 Å². The van der Waals surface area contributed by atoms with Gasteiger partial charge in [0.1, 0.15) is 12.6 Å². The predicted molar refractivity (Wildman–Crippen MR) is 80.3 cm³/mol. The molecule has 1 N–H and O–H groups in total. The topological polar surface area (TPSA) is 82.1 Å². The highest BCUT2D eigenvalue weighted by Gasteiger charge is 2.44. The van der Waals surface area contributed by atoms with Crippen molar-refractivity contribution in [2.75, 3.05) is 6.61 Å². The highest BCUT2D eigenvalue weighted by atomic mass is 28.4. The Labute approximate surface area is 126 Å². The van der Waals surface area contributed by atoms with Gasteiger partial charge in [-0.1, -0.05) is 12.2 Å². The van der Waals surface area contributed by atoms with Gasteiger partial charge in [-0.25, -0.2) is 0 Å². The van der Waals surface area contributed by atoms with Crippen LogP contribution in [0.15, 0.2) is 25.3 Å². The van der Waals surface area contributed by atoms with E-state index < -0.39 is 21.3 Å². The first kappa shape index (κ1) is 19.9. The van der Waals surface area contributed by atoms with E-state index in [0.29, 0.717) is 12.8 Å². The van der Waals surface area contributed by atoms with Gasteiger partial charge in [-0.3, -0.25) is 0 Å². The lowest BCUT2D eigenvalue weighted by Crippen LogP contribution is -2.50. The molecule has 0 radical (unpaired) electrons. The van der Waals surface area contributed by atoms with Crippen molar-refractivity contribution in [1.82, 2.24) is 0 Å². The molecule has 0 spiro atoms. The van der Waals surface area contributed by atoms with E-state index in [0.717, 1.165) is 12.6 Å². The SMILES string of the molecule is C=CC(CCC=O)O[Si](O)(OCC)OC(C=C)CCC=O. The fourth-order valence-corrected chi connectivity index (χ4v) is 3.32. The minimum atomic E-state index is -3.89. The van der Waals surface area contributed by atoms with E-state index in [-0.39, 0.29) is 19.4 Å². The van der Waals surface area contributed by atoms with Crippen LogP contribution >= 0.6 is 0 Å². The maximum absolute atomic E-state index is 10.4. The zero-order valence-electron chi connectivity index (χ0n) is 12.4. The van der Waals surface area contributed by atoms with E-state index in [2.05, 4.69) is 13.2 Å². The molecule has 2 unspecified atom stereocenters. The summed E-state index contributed by atoms with van der Waals surface area (Å²) in [5.41, 5.74) is 0. The van der Waals surface area contributed by atoms with Crippen molar-refractivity contribution in [3.05, 3.63) is 25.3 Å². The molecule has 0 bridgehead atoms. The standard InChI is InChI=1S/C14H24O6Si/c1-4-13(9-7-11-15)19-21(17,18-6-3)20-14(5-2)10-8-12-16/h4-5,11-14,17H,1-2,6-10H2,3H3. The van der Waals surface area contributed by atoms with Crippen LogP contribution in [0.3, 0.4) is 0 Å². The van der Waals surface area contributed by atoms with E-state index in [4.69, 9.17) is 13.3 Å². The van der Waals surface area contributed by atoms with Gasteiger partial charge in [0.2, 0.25) is 0 Å². The summed E-state index contributed by atoms with van der Waals surface area (Å²) in [6, 6.07) is 0. The predicted octanol–water partition coefficient (Wildman–Crippen LogP) is 1.55. The fourth-order valence-electron chi connectivity index (χ4n) is 1.58. The normalized spacial score (nSPS) is 16.5. The average molecular weight is 316 g/mol. The lowest BCUT2D eigenvalue weighted by Gasteiger charge is -2.28. The molecule has 0 heterocycles. The van der Waals surface area contributed by atoms with Gasteiger partial charge < -0.3 is 27.7 Å². The molecule has 0 aliphatic rings. The fraction of sp³-hybridized carbons (Fsp3) is 0.571. The van der Waals surface area contributed by atoms with Crippen molar-refractivity contribution in [2.45, 2.75) is 44.8 Å². The maximum atomic E-state index is 10.4. The second kappa shape index (κ2) is 11.5. The van der Waals surface area contributed by atoms with Gasteiger partial charge >= 0.3 is 9.05 Å². The molecule has 0 saturated heterocycles. The summed E-state index contributed by atoms with van der Waals surface area (Å²) >= 11 is 0. The Kier molecular flexibility index (Phi) is 10.9. The van der Waals surface area contributed by atoms with Crippen molar-refractivity contribution in [3.63, 3.8) is 0 Å². The Morgan fingerprint density at radius 3 is 1.76 bits per heavy atom. The summed E-state index contributed by atoms with van der Waals surface area (Å²) in [5, 5.41) is 0. The third kappa shape index (κ3) is 8.69. The van der Waals surface area contributed by atoms with Crippen LogP contribution < -0.4 is 0 Å². The molecule has 0 rings (SSSR count). The van der Waals surface area contributed by atoms with Crippen LogP contribution in [0.4, 0.5) is 0 Å². The Hall–Kier alpha value is -1.12. The lowest BCUT2D eigenvalue weighted by molar-refractivity contribution is -0.108. The minimum absolute atomic E-state index is 0.206. The number of hydrogen-bond donors (Lipinski definition) is 1. The molecule has 0 aromatic heterocycles. The second-order valence-corrected chi connectivity index (χ2v) is 6.04. The summed E-state index contributed by atoms with van der Waals surface area (Å²) in [4.78, 5) is 31.2. The molecule has 120 valence electrons. The van der Waals surface area contributed by atoms with E-state index >= 15 is 0 Å². The summed E-state index contributed by atoms with van der Waals surface area (Å²) in [6.45, 7) is 9.11. The molecule has 0 aliphatic carbocycles. The molecule has 0 aromatic carbocycles. The molecule has 0 saturated carbocycles. The minimum Gasteiger partial charge on any atom is -0.367 e. The Balaban J connectivity index is 4.76. The van der Waals surface area contributed by atoms with Crippen LogP contribution in [0.2, 0.25) is 0 Å². The van der Waals surface area contributed by atoms with Gasteiger partial charge in [-0.2, -0.15) is 0 Å². The van der Waals surface area contributed by atoms with Crippen molar-refractivity contribution in [2.24, 2.45) is 0 Å². The molecular formula is C14H24O6Si. The first-order valence-corrected chi connectivity index (χ1v) is 8.56. The average Bonchev–Trinajstić information content (AvgIpc) is 2.48. The van der Waals surface area contributed by atoms with Crippen LogP contribution in [0.5, 0.6) is 0 Å². The first-order valence-electron chi connectivity index (χ1n) is 6.89. The molecular weight excluding hydrogens is 292 g/mol. The zero-order chi connectivity index (χ0) is 16.1. The molecule has 21 heavy (non-hydrogen) atoms. The third-order valence-corrected chi connectivity index (χ3v) is 4.45. The van der Waals surface area contributed by atoms with Crippen LogP contribution in [0.1, 0.15) is 32.6 Å². The Bertz CT molecular complexity index is 307. The zero-order valence-corrected chi connectivity index (χ0v) is 13.4. The van der Waals surface area contributed by atoms with Crippen molar-refractivity contribution in [3.8, 4) is 0 Å². The van der Waals surface area contributed by atoms with Gasteiger partial charge in [-0.05, 0) is 19.8 Å². The molecule has 7 heteroatoms. The lowest BCUT2D eigenvalue weighted by atomic mass is 10.2. The summed E-state index contributed by atoms with van der Waals surface area (Å²) < 4.78 is 16.2. The first-order chi connectivity index (χ1) is 10.0. The van der Waals surface area contributed by atoms with E-state index in [1.54, 1.807) is 6.92 Å². The van der Waals surface area contributed by atoms with Crippen LogP contribution in [0, 0.1) is 0 Å². The number of rotatable bonds is 14. The van der Waals surface area contributed by atoms with E-state index in [1.807, 2.05) is 0 Å². The third-order valence-electron chi connectivity index (χ3n) is 2.59.